The molecule has 1 heterocycles. The van der Waals surface area contributed by atoms with Gasteiger partial charge in [-0.25, -0.2) is 18.1 Å². The zero-order valence-electron chi connectivity index (χ0n) is 16.9. The highest BCUT2D eigenvalue weighted by molar-refractivity contribution is 7.89. The van der Waals surface area contributed by atoms with Gasteiger partial charge < -0.3 is 9.88 Å². The molecule has 9 heteroatoms. The number of anilines is 1. The van der Waals surface area contributed by atoms with Crippen LogP contribution < -0.4 is 10.0 Å². The second kappa shape index (κ2) is 8.99. The van der Waals surface area contributed by atoms with Gasteiger partial charge in [0.1, 0.15) is 0 Å². The Morgan fingerprint density at radius 2 is 1.83 bits per heavy atom. The van der Waals surface area contributed by atoms with Crippen molar-refractivity contribution in [1.82, 2.24) is 14.3 Å². The first-order chi connectivity index (χ1) is 14.2. The Hall–Kier alpha value is -2.68. The lowest BCUT2D eigenvalue weighted by atomic mass is 10.1. The van der Waals surface area contributed by atoms with Crippen molar-refractivity contribution < 1.29 is 13.2 Å². The minimum atomic E-state index is -3.70. The summed E-state index contributed by atoms with van der Waals surface area (Å²) in [5, 5.41) is 3.18. The van der Waals surface area contributed by atoms with E-state index in [2.05, 4.69) is 15.0 Å². The van der Waals surface area contributed by atoms with Gasteiger partial charge in [0, 0.05) is 31.0 Å². The Kier molecular flexibility index (Phi) is 6.60. The fraction of sp³-hybridized carbons (Fsp3) is 0.238. The second-order valence-corrected chi connectivity index (χ2v) is 9.17. The number of imidazole rings is 1. The molecule has 0 atom stereocenters. The molecule has 0 aliphatic rings. The minimum Gasteiger partial charge on any atom is -0.326 e. The Bertz CT molecular complexity index is 1150. The first kappa shape index (κ1) is 22.0. The van der Waals surface area contributed by atoms with Gasteiger partial charge in [0.05, 0.1) is 21.9 Å². The largest absolute Gasteiger partial charge is 0.326 e. The molecule has 2 N–H and O–H groups in total. The number of benzene rings is 2. The highest BCUT2D eigenvalue weighted by Crippen LogP contribution is 2.24. The van der Waals surface area contributed by atoms with Gasteiger partial charge in [-0.05, 0) is 50.1 Å². The van der Waals surface area contributed by atoms with E-state index in [1.807, 2.05) is 19.1 Å². The number of hydrogen-bond donors (Lipinski definition) is 2. The normalized spacial score (nSPS) is 11.5. The number of nitrogens with one attached hydrogen (secondary N) is 2. The number of sulfonamides is 1. The number of aromatic nitrogens is 2. The van der Waals surface area contributed by atoms with Crippen LogP contribution in [0.1, 0.15) is 23.1 Å². The maximum absolute atomic E-state index is 12.7. The van der Waals surface area contributed by atoms with Crippen molar-refractivity contribution in [2.75, 3.05) is 11.9 Å². The summed E-state index contributed by atoms with van der Waals surface area (Å²) < 4.78 is 29.6. The Morgan fingerprint density at radius 1 is 1.13 bits per heavy atom. The number of halogens is 1. The predicted molar refractivity (Wildman–Crippen MR) is 118 cm³/mol. The molecule has 0 saturated carbocycles. The van der Waals surface area contributed by atoms with Crippen LogP contribution in [0.4, 0.5) is 5.69 Å². The van der Waals surface area contributed by atoms with Gasteiger partial charge in [0.25, 0.3) is 0 Å². The summed E-state index contributed by atoms with van der Waals surface area (Å²) >= 11 is 6.29. The third kappa shape index (κ3) is 5.08. The molecule has 0 spiro atoms. The van der Waals surface area contributed by atoms with E-state index < -0.39 is 10.0 Å². The topological polar surface area (TPSA) is 93.1 Å². The SMILES string of the molecule is Cc1cc(C)c(S(=O)(=O)NCCC(=O)Nc2ccc(-n3ccnc3)c(Cl)c2)c(C)c1. The number of carbonyl (C=O) groups excluding carboxylic acids is 1. The molecule has 158 valence electrons. The van der Waals surface area contributed by atoms with Crippen LogP contribution in [0.25, 0.3) is 5.69 Å². The van der Waals surface area contributed by atoms with Crippen LogP contribution in [0.5, 0.6) is 0 Å². The minimum absolute atomic E-state index is 0.00984. The Morgan fingerprint density at radius 3 is 2.43 bits per heavy atom. The molecule has 1 aromatic heterocycles. The molecule has 0 radical (unpaired) electrons. The smallest absolute Gasteiger partial charge is 0.241 e. The van der Waals surface area contributed by atoms with Gasteiger partial charge in [-0.2, -0.15) is 0 Å². The molecule has 0 aliphatic carbocycles. The molecule has 0 saturated heterocycles. The summed E-state index contributed by atoms with van der Waals surface area (Å²) in [5.41, 5.74) is 3.63. The first-order valence-electron chi connectivity index (χ1n) is 9.32. The summed E-state index contributed by atoms with van der Waals surface area (Å²) in [4.78, 5) is 16.5. The van der Waals surface area contributed by atoms with Crippen molar-refractivity contribution >= 4 is 33.2 Å². The van der Waals surface area contributed by atoms with Crippen LogP contribution in [0.15, 0.2) is 53.9 Å². The predicted octanol–water partition coefficient (Wildman–Crippen LogP) is 3.76. The monoisotopic (exact) mass is 446 g/mol. The van der Waals surface area contributed by atoms with E-state index in [-0.39, 0.29) is 23.8 Å². The van der Waals surface area contributed by atoms with Crippen LogP contribution in [0, 0.1) is 20.8 Å². The molecule has 0 unspecified atom stereocenters. The lowest BCUT2D eigenvalue weighted by Gasteiger charge is -2.13. The van der Waals surface area contributed by atoms with Crippen molar-refractivity contribution in [3.63, 3.8) is 0 Å². The Balaban J connectivity index is 1.59. The molecule has 3 aromatic rings. The zero-order chi connectivity index (χ0) is 21.9. The first-order valence-corrected chi connectivity index (χ1v) is 11.2. The summed E-state index contributed by atoms with van der Waals surface area (Å²) in [6, 6.07) is 8.78. The number of nitrogens with zero attached hydrogens (tertiary/aromatic N) is 2. The molecule has 2 aromatic carbocycles. The summed E-state index contributed by atoms with van der Waals surface area (Å²) in [5.74, 6) is -0.318. The molecule has 1 amide bonds. The standard InChI is InChI=1S/C21H23ClN4O3S/c1-14-10-15(2)21(16(3)11-14)30(28,29)24-7-6-20(27)25-17-4-5-19(18(22)12-17)26-9-8-23-13-26/h4-5,8-13,24H,6-7H2,1-3H3,(H,25,27). The van der Waals surface area contributed by atoms with Gasteiger partial charge >= 0.3 is 0 Å². The highest BCUT2D eigenvalue weighted by Gasteiger charge is 2.19. The average Bonchev–Trinajstić information content (AvgIpc) is 3.14. The molecule has 3 rings (SSSR count). The number of aryl methyl sites for hydroxylation is 3. The van der Waals surface area contributed by atoms with Crippen LogP contribution in [-0.2, 0) is 14.8 Å². The maximum atomic E-state index is 12.7. The van der Waals surface area contributed by atoms with Gasteiger partial charge in [0.2, 0.25) is 15.9 Å². The van der Waals surface area contributed by atoms with E-state index in [1.165, 1.54) is 0 Å². The average molecular weight is 447 g/mol. The molecular formula is C21H23ClN4O3S. The fourth-order valence-electron chi connectivity index (χ4n) is 3.38. The van der Waals surface area contributed by atoms with Gasteiger partial charge in [-0.1, -0.05) is 29.3 Å². The molecule has 30 heavy (non-hydrogen) atoms. The number of amides is 1. The molecular weight excluding hydrogens is 424 g/mol. The van der Waals surface area contributed by atoms with Gasteiger partial charge in [0.15, 0.2) is 0 Å². The zero-order valence-corrected chi connectivity index (χ0v) is 18.5. The van der Waals surface area contributed by atoms with Crippen LogP contribution in [0.3, 0.4) is 0 Å². The second-order valence-electron chi connectivity index (χ2n) is 7.06. The van der Waals surface area contributed by atoms with Gasteiger partial charge in [-0.15, -0.1) is 0 Å². The van der Waals surface area contributed by atoms with E-state index in [1.54, 1.807) is 55.3 Å². The van der Waals surface area contributed by atoms with Crippen LogP contribution in [-0.4, -0.2) is 30.4 Å². The number of rotatable bonds is 7. The summed E-state index contributed by atoms with van der Waals surface area (Å²) in [6.45, 7) is 5.43. The number of carbonyl (C=O) groups is 1. The van der Waals surface area contributed by atoms with E-state index in [9.17, 15) is 13.2 Å². The summed E-state index contributed by atoms with van der Waals surface area (Å²) in [7, 11) is -3.70. The van der Waals surface area contributed by atoms with Crippen molar-refractivity contribution in [1.29, 1.82) is 0 Å². The van der Waals surface area contributed by atoms with Crippen molar-refractivity contribution in [2.45, 2.75) is 32.1 Å². The summed E-state index contributed by atoms with van der Waals surface area (Å²) in [6.07, 6.45) is 5.03. The van der Waals surface area contributed by atoms with E-state index in [4.69, 9.17) is 11.6 Å². The lowest BCUT2D eigenvalue weighted by molar-refractivity contribution is -0.116. The van der Waals surface area contributed by atoms with E-state index >= 15 is 0 Å². The molecule has 0 bridgehead atoms. The van der Waals surface area contributed by atoms with E-state index in [0.29, 0.717) is 21.8 Å². The molecule has 0 aliphatic heterocycles. The quantitative estimate of drug-likeness (QED) is 0.577. The van der Waals surface area contributed by atoms with Crippen molar-refractivity contribution in [3.8, 4) is 5.69 Å². The van der Waals surface area contributed by atoms with E-state index in [0.717, 1.165) is 11.3 Å². The van der Waals surface area contributed by atoms with Crippen molar-refractivity contribution in [3.05, 3.63) is 70.8 Å². The molecule has 7 nitrogen and oxygen atoms in total. The highest BCUT2D eigenvalue weighted by atomic mass is 35.5. The van der Waals surface area contributed by atoms with Crippen LogP contribution in [0.2, 0.25) is 5.02 Å². The number of hydrogen-bond acceptors (Lipinski definition) is 4. The van der Waals surface area contributed by atoms with Crippen molar-refractivity contribution in [2.24, 2.45) is 0 Å². The van der Waals surface area contributed by atoms with Crippen LogP contribution >= 0.6 is 11.6 Å². The maximum Gasteiger partial charge on any atom is 0.241 e. The Labute approximate surface area is 181 Å². The lowest BCUT2D eigenvalue weighted by Crippen LogP contribution is -2.29. The van der Waals surface area contributed by atoms with Gasteiger partial charge in [-0.3, -0.25) is 4.79 Å². The molecule has 0 fully saturated rings. The third-order valence-electron chi connectivity index (χ3n) is 4.53. The third-order valence-corrected chi connectivity index (χ3v) is 6.60. The fourth-order valence-corrected chi connectivity index (χ4v) is 5.14.